The van der Waals surface area contributed by atoms with Crippen LogP contribution in [-0.4, -0.2) is 42.8 Å². The van der Waals surface area contributed by atoms with E-state index in [1.165, 1.54) is 0 Å². The summed E-state index contributed by atoms with van der Waals surface area (Å²) in [5.74, 6) is 0.148. The van der Waals surface area contributed by atoms with Crippen molar-refractivity contribution in [2.45, 2.75) is 25.4 Å². The third-order valence-electron chi connectivity index (χ3n) is 2.82. The molecular weight excluding hydrogens is 168 g/mol. The molecule has 1 amide bonds. The molecule has 74 valence electrons. The van der Waals surface area contributed by atoms with Crippen LogP contribution in [0.1, 0.15) is 19.8 Å². The molecule has 2 aliphatic rings. The summed E-state index contributed by atoms with van der Waals surface area (Å²) in [6.45, 7) is 5.03. The van der Waals surface area contributed by atoms with Crippen molar-refractivity contribution < 1.29 is 9.53 Å². The van der Waals surface area contributed by atoms with Gasteiger partial charge in [0.05, 0.1) is 6.67 Å². The Morgan fingerprint density at radius 3 is 3.00 bits per heavy atom. The molecule has 0 aliphatic carbocycles. The van der Waals surface area contributed by atoms with Crippen LogP contribution in [0.2, 0.25) is 0 Å². The van der Waals surface area contributed by atoms with E-state index in [-0.39, 0.29) is 5.91 Å². The third kappa shape index (κ3) is 1.56. The van der Waals surface area contributed by atoms with E-state index in [2.05, 4.69) is 5.32 Å². The van der Waals surface area contributed by atoms with Crippen molar-refractivity contribution in [2.75, 3.05) is 26.4 Å². The molecule has 2 rings (SSSR count). The lowest BCUT2D eigenvalue weighted by atomic mass is 10.0. The summed E-state index contributed by atoms with van der Waals surface area (Å²) in [5, 5.41) is 3.14. The van der Waals surface area contributed by atoms with Gasteiger partial charge in [-0.15, -0.1) is 0 Å². The SMILES string of the molecule is CC1(C(=O)N2CCNC2)CCCO1. The highest BCUT2D eigenvalue weighted by atomic mass is 16.5. The van der Waals surface area contributed by atoms with Gasteiger partial charge in [0.15, 0.2) is 0 Å². The maximum atomic E-state index is 11.9. The topological polar surface area (TPSA) is 41.6 Å². The number of carbonyl (C=O) groups excluding carboxylic acids is 1. The summed E-state index contributed by atoms with van der Waals surface area (Å²) in [4.78, 5) is 13.8. The Balaban J connectivity index is 2.02. The number of hydrogen-bond donors (Lipinski definition) is 1. The average Bonchev–Trinajstić information content (AvgIpc) is 2.73. The molecule has 2 fully saturated rings. The lowest BCUT2D eigenvalue weighted by Crippen LogP contribution is -2.46. The van der Waals surface area contributed by atoms with E-state index in [1.54, 1.807) is 0 Å². The van der Waals surface area contributed by atoms with Crippen LogP contribution in [0.3, 0.4) is 0 Å². The van der Waals surface area contributed by atoms with Crippen molar-refractivity contribution in [1.82, 2.24) is 10.2 Å². The monoisotopic (exact) mass is 184 g/mol. The fourth-order valence-corrected chi connectivity index (χ4v) is 1.96. The van der Waals surface area contributed by atoms with Crippen LogP contribution in [-0.2, 0) is 9.53 Å². The van der Waals surface area contributed by atoms with Crippen LogP contribution in [0.4, 0.5) is 0 Å². The molecule has 4 heteroatoms. The summed E-state index contributed by atoms with van der Waals surface area (Å²) in [6.07, 6.45) is 1.87. The second kappa shape index (κ2) is 3.27. The molecule has 1 N–H and O–H groups in total. The molecule has 0 radical (unpaired) electrons. The van der Waals surface area contributed by atoms with Crippen molar-refractivity contribution >= 4 is 5.91 Å². The summed E-state index contributed by atoms with van der Waals surface area (Å²) < 4.78 is 5.50. The molecule has 1 atom stereocenters. The van der Waals surface area contributed by atoms with Crippen LogP contribution in [0, 0.1) is 0 Å². The summed E-state index contributed by atoms with van der Waals surface area (Å²) in [5.41, 5.74) is -0.536. The van der Waals surface area contributed by atoms with E-state index >= 15 is 0 Å². The number of ether oxygens (including phenoxy) is 1. The van der Waals surface area contributed by atoms with Gasteiger partial charge in [0.25, 0.3) is 5.91 Å². The van der Waals surface area contributed by atoms with Crippen LogP contribution < -0.4 is 5.32 Å². The predicted octanol–water partition coefficient (Wildman–Crippen LogP) is -0.0552. The molecule has 0 bridgehead atoms. The first-order valence-electron chi connectivity index (χ1n) is 4.86. The molecule has 4 nitrogen and oxygen atoms in total. The molecule has 2 heterocycles. The molecule has 0 aromatic rings. The Labute approximate surface area is 78.2 Å². The van der Waals surface area contributed by atoms with Crippen molar-refractivity contribution in [3.8, 4) is 0 Å². The number of nitrogens with zero attached hydrogens (tertiary/aromatic N) is 1. The number of nitrogens with one attached hydrogen (secondary N) is 1. The normalized spacial score (nSPS) is 34.1. The van der Waals surface area contributed by atoms with Crippen molar-refractivity contribution in [2.24, 2.45) is 0 Å². The second-order valence-electron chi connectivity index (χ2n) is 3.91. The van der Waals surface area contributed by atoms with Gasteiger partial charge in [0, 0.05) is 19.7 Å². The van der Waals surface area contributed by atoms with E-state index in [9.17, 15) is 4.79 Å². The highest BCUT2D eigenvalue weighted by molar-refractivity contribution is 5.85. The Bertz CT molecular complexity index is 206. The van der Waals surface area contributed by atoms with E-state index < -0.39 is 5.60 Å². The smallest absolute Gasteiger partial charge is 0.255 e. The Morgan fingerprint density at radius 1 is 1.62 bits per heavy atom. The first kappa shape index (κ1) is 8.97. The van der Waals surface area contributed by atoms with Gasteiger partial charge >= 0.3 is 0 Å². The Kier molecular flexibility index (Phi) is 2.26. The molecule has 0 saturated carbocycles. The molecule has 13 heavy (non-hydrogen) atoms. The first-order chi connectivity index (χ1) is 6.22. The zero-order valence-electron chi connectivity index (χ0n) is 8.01. The van der Waals surface area contributed by atoms with Crippen molar-refractivity contribution in [3.63, 3.8) is 0 Å². The van der Waals surface area contributed by atoms with Crippen LogP contribution in [0.25, 0.3) is 0 Å². The number of carbonyl (C=O) groups is 1. The standard InChI is InChI=1S/C9H16N2O2/c1-9(3-2-6-13-9)8(12)11-5-4-10-7-11/h10H,2-7H2,1H3. The largest absolute Gasteiger partial charge is 0.365 e. The van der Waals surface area contributed by atoms with Gasteiger partial charge in [-0.25, -0.2) is 0 Å². The van der Waals surface area contributed by atoms with E-state index in [0.717, 1.165) is 32.5 Å². The number of amides is 1. The van der Waals surface area contributed by atoms with Gasteiger partial charge in [-0.1, -0.05) is 0 Å². The lowest BCUT2D eigenvalue weighted by Gasteiger charge is -2.27. The van der Waals surface area contributed by atoms with Crippen LogP contribution in [0.5, 0.6) is 0 Å². The summed E-state index contributed by atoms with van der Waals surface area (Å²) in [7, 11) is 0. The molecule has 0 aromatic heterocycles. The minimum Gasteiger partial charge on any atom is -0.365 e. The number of rotatable bonds is 1. The highest BCUT2D eigenvalue weighted by Gasteiger charge is 2.41. The van der Waals surface area contributed by atoms with Gasteiger partial charge < -0.3 is 9.64 Å². The fraction of sp³-hybridized carbons (Fsp3) is 0.889. The van der Waals surface area contributed by atoms with Gasteiger partial charge in [-0.3, -0.25) is 10.1 Å². The maximum absolute atomic E-state index is 11.9. The van der Waals surface area contributed by atoms with Crippen LogP contribution in [0.15, 0.2) is 0 Å². The minimum absolute atomic E-state index is 0.148. The lowest BCUT2D eigenvalue weighted by molar-refractivity contribution is -0.149. The molecule has 2 saturated heterocycles. The summed E-state index contributed by atoms with van der Waals surface area (Å²) >= 11 is 0. The first-order valence-corrected chi connectivity index (χ1v) is 4.86. The average molecular weight is 184 g/mol. The molecular formula is C9H16N2O2. The highest BCUT2D eigenvalue weighted by Crippen LogP contribution is 2.27. The van der Waals surface area contributed by atoms with Gasteiger partial charge in [0.2, 0.25) is 0 Å². The van der Waals surface area contributed by atoms with Gasteiger partial charge in [0.1, 0.15) is 5.60 Å². The van der Waals surface area contributed by atoms with E-state index in [1.807, 2.05) is 11.8 Å². The van der Waals surface area contributed by atoms with Crippen molar-refractivity contribution in [3.05, 3.63) is 0 Å². The zero-order valence-corrected chi connectivity index (χ0v) is 8.01. The van der Waals surface area contributed by atoms with Gasteiger partial charge in [-0.2, -0.15) is 0 Å². The Hall–Kier alpha value is -0.610. The second-order valence-corrected chi connectivity index (χ2v) is 3.91. The minimum atomic E-state index is -0.536. The zero-order chi connectivity index (χ0) is 9.31. The molecule has 0 spiro atoms. The fourth-order valence-electron chi connectivity index (χ4n) is 1.96. The van der Waals surface area contributed by atoms with Crippen LogP contribution >= 0.6 is 0 Å². The molecule has 0 aromatic carbocycles. The molecule has 1 unspecified atom stereocenters. The van der Waals surface area contributed by atoms with E-state index in [4.69, 9.17) is 4.74 Å². The number of hydrogen-bond acceptors (Lipinski definition) is 3. The quantitative estimate of drug-likeness (QED) is 0.621. The van der Waals surface area contributed by atoms with Crippen molar-refractivity contribution in [1.29, 1.82) is 0 Å². The summed E-state index contributed by atoms with van der Waals surface area (Å²) in [6, 6.07) is 0. The Morgan fingerprint density at radius 2 is 2.46 bits per heavy atom. The predicted molar refractivity (Wildman–Crippen MR) is 48.2 cm³/mol. The molecule has 2 aliphatic heterocycles. The van der Waals surface area contributed by atoms with E-state index in [0.29, 0.717) is 6.67 Å². The third-order valence-corrected chi connectivity index (χ3v) is 2.82. The maximum Gasteiger partial charge on any atom is 0.255 e. The van der Waals surface area contributed by atoms with Gasteiger partial charge in [-0.05, 0) is 19.8 Å².